The van der Waals surface area contributed by atoms with E-state index >= 15 is 0 Å². The molecule has 1 unspecified atom stereocenters. The van der Waals surface area contributed by atoms with Crippen LogP contribution in [-0.4, -0.2) is 107 Å². The van der Waals surface area contributed by atoms with E-state index in [4.69, 9.17) is 26.1 Å². The minimum absolute atomic E-state index is 0.0251. The number of nitriles is 1. The molecular weight excluding hydrogens is 881 g/mol. The first kappa shape index (κ1) is 53.5. The molecule has 67 heavy (non-hydrogen) atoms. The van der Waals surface area contributed by atoms with E-state index in [-0.39, 0.29) is 57.8 Å². The first-order chi connectivity index (χ1) is 32.0. The van der Waals surface area contributed by atoms with Crippen molar-refractivity contribution in [3.8, 4) is 28.7 Å². The Balaban J connectivity index is 1.81. The Kier molecular flexibility index (Phi) is 21.0. The molecule has 4 atom stereocenters. The third-order valence-corrected chi connectivity index (χ3v) is 11.9. The fourth-order valence-electron chi connectivity index (χ4n) is 7.79. The van der Waals surface area contributed by atoms with Crippen LogP contribution in [0.25, 0.3) is 11.1 Å². The van der Waals surface area contributed by atoms with Gasteiger partial charge in [-0.2, -0.15) is 13.7 Å². The van der Waals surface area contributed by atoms with Crippen molar-refractivity contribution >= 4 is 39.7 Å². The Labute approximate surface area is 393 Å². The molecule has 1 heterocycles. The highest BCUT2D eigenvalue weighted by molar-refractivity contribution is 7.87. The lowest BCUT2D eigenvalue weighted by molar-refractivity contribution is -0.141. The lowest BCUT2D eigenvalue weighted by Gasteiger charge is -2.33. The normalized spacial score (nSPS) is 16.6. The Morgan fingerprint density at radius 2 is 1.57 bits per heavy atom. The minimum atomic E-state index is -4.20. The molecule has 364 valence electrons. The summed E-state index contributed by atoms with van der Waals surface area (Å²) in [4.78, 5) is 71.7. The van der Waals surface area contributed by atoms with Crippen LogP contribution < -0.4 is 52.1 Å². The molecule has 4 bridgehead atoms. The molecule has 0 radical (unpaired) electrons. The third kappa shape index (κ3) is 16.0. The van der Waals surface area contributed by atoms with Crippen molar-refractivity contribution in [2.45, 2.75) is 103 Å². The molecule has 1 aliphatic rings. The van der Waals surface area contributed by atoms with E-state index in [1.165, 1.54) is 33.2 Å². The minimum Gasteiger partial charge on any atom is -0.492 e. The smallest absolute Gasteiger partial charge is 0.274 e. The van der Waals surface area contributed by atoms with Crippen molar-refractivity contribution in [2.24, 2.45) is 16.6 Å². The zero-order chi connectivity index (χ0) is 49.1. The summed E-state index contributed by atoms with van der Waals surface area (Å²) in [6.45, 7) is 5.26. The number of fused-ring (bicyclic) bond motifs is 5. The summed E-state index contributed by atoms with van der Waals surface area (Å²) in [5, 5.41) is 25.0. The van der Waals surface area contributed by atoms with Crippen LogP contribution >= 0.6 is 0 Å². The predicted molar refractivity (Wildman–Crippen MR) is 254 cm³/mol. The molecule has 5 amide bonds. The molecule has 0 fully saturated rings. The highest BCUT2D eigenvalue weighted by Crippen LogP contribution is 2.40. The van der Waals surface area contributed by atoms with Crippen LogP contribution in [0.5, 0.6) is 11.5 Å². The van der Waals surface area contributed by atoms with Gasteiger partial charge in [-0.1, -0.05) is 63.3 Å². The number of rotatable bonds is 23. The van der Waals surface area contributed by atoms with E-state index in [0.717, 1.165) is 36.1 Å². The van der Waals surface area contributed by atoms with Crippen LogP contribution in [0.1, 0.15) is 97.4 Å². The summed E-state index contributed by atoms with van der Waals surface area (Å²) < 4.78 is 38.2. The lowest BCUT2D eigenvalue weighted by atomic mass is 9.93. The Bertz CT molecular complexity index is 2360. The van der Waals surface area contributed by atoms with Gasteiger partial charge in [-0.15, -0.1) is 0 Å². The molecule has 0 aromatic heterocycles. The molecule has 0 saturated heterocycles. The van der Waals surface area contributed by atoms with Gasteiger partial charge in [0.05, 0.1) is 6.07 Å². The molecule has 0 aliphatic carbocycles. The Morgan fingerprint density at radius 3 is 2.21 bits per heavy atom. The lowest BCUT2D eigenvalue weighted by Crippen LogP contribution is -2.56. The van der Waals surface area contributed by atoms with Gasteiger partial charge in [-0.3, -0.25) is 24.0 Å². The number of nitrogens with zero attached hydrogens (tertiary/aromatic N) is 2. The number of likely N-dealkylation sites (N-methyl/N-ethyl adjacent to an activating group) is 1. The quantitative estimate of drug-likeness (QED) is 0.0500. The Morgan fingerprint density at radius 1 is 0.910 bits per heavy atom. The van der Waals surface area contributed by atoms with Gasteiger partial charge < -0.3 is 47.1 Å². The standard InChI is InChI=1S/C47H66N10O9S/c1-5-6-7-8-9-10-11-32-12-15-35(30(2)26-32)44(59)55-38(18-22-53-67(51,63)64)47(62)57(4)42-34-14-17-41(66-25-21-50)37(29-34)36-27-33(13-16-40(36)65-24-20-49)28-39(45(60)52-23-19-48)56-43(58)31(3)54-46(42)61/h12-17,26-27,29,31,38-39,42,53H,5-11,18,20-25,28,49-50H2,1-4H3,(H,52,60)(H,54,61)(H,55,59)(H,56,58)(H2,51,63,64)/t31-,38?,39-,42-/m0/s1. The second-order valence-electron chi connectivity index (χ2n) is 16.5. The second-order valence-corrected chi connectivity index (χ2v) is 17.9. The molecular formula is C47H66N10O9S. The average Bonchev–Trinajstić information content (AvgIpc) is 3.29. The fourth-order valence-corrected chi connectivity index (χ4v) is 8.19. The zero-order valence-corrected chi connectivity index (χ0v) is 39.6. The summed E-state index contributed by atoms with van der Waals surface area (Å²) >= 11 is 0. The SMILES string of the molecule is CCCCCCCCc1ccc(C(=O)NC(CCNS(N)(=O)=O)C(=O)N(C)[C@@H]2C(=O)N[C@@H](C)C(=O)N[C@H](C(=O)NCC#N)Cc3ccc(OCCN)c(c3)-c3cc2ccc3OCCN)c(C)c1. The van der Waals surface area contributed by atoms with Crippen molar-refractivity contribution in [2.75, 3.05) is 46.4 Å². The summed E-state index contributed by atoms with van der Waals surface area (Å²) in [7, 11) is -2.85. The van der Waals surface area contributed by atoms with Crippen LogP contribution in [0.2, 0.25) is 0 Å². The number of benzene rings is 3. The third-order valence-electron chi connectivity index (χ3n) is 11.2. The first-order valence-electron chi connectivity index (χ1n) is 22.6. The predicted octanol–water partition coefficient (Wildman–Crippen LogP) is 1.91. The van der Waals surface area contributed by atoms with Crippen LogP contribution in [-0.2, 0) is 42.2 Å². The number of carbonyl (C=O) groups is 5. The number of hydrogen-bond donors (Lipinski definition) is 8. The maximum absolute atomic E-state index is 14.8. The molecule has 1 aliphatic heterocycles. The van der Waals surface area contributed by atoms with Crippen LogP contribution in [0.4, 0.5) is 0 Å². The molecule has 3 aromatic rings. The number of nitrogens with one attached hydrogen (secondary N) is 5. The average molecular weight is 947 g/mol. The van der Waals surface area contributed by atoms with Crippen molar-refractivity contribution in [1.29, 1.82) is 5.26 Å². The summed E-state index contributed by atoms with van der Waals surface area (Å²) in [6, 6.07) is 11.9. The van der Waals surface area contributed by atoms with Crippen molar-refractivity contribution in [3.63, 3.8) is 0 Å². The van der Waals surface area contributed by atoms with Gasteiger partial charge >= 0.3 is 0 Å². The molecule has 19 nitrogen and oxygen atoms in total. The number of carbonyl (C=O) groups excluding carboxylic acids is 5. The summed E-state index contributed by atoms with van der Waals surface area (Å²) in [5.74, 6) is -2.89. The van der Waals surface area contributed by atoms with E-state index in [2.05, 4.69) is 32.9 Å². The molecule has 4 rings (SSSR count). The highest BCUT2D eigenvalue weighted by Gasteiger charge is 2.36. The van der Waals surface area contributed by atoms with Gasteiger partial charge in [0.15, 0.2) is 0 Å². The Hall–Kier alpha value is -6.11. The molecule has 3 aromatic carbocycles. The van der Waals surface area contributed by atoms with E-state index in [1.54, 1.807) is 49.4 Å². The maximum atomic E-state index is 14.8. The van der Waals surface area contributed by atoms with E-state index in [1.807, 2.05) is 18.2 Å². The van der Waals surface area contributed by atoms with E-state index < -0.39 is 63.9 Å². The van der Waals surface area contributed by atoms with Crippen molar-refractivity contribution in [1.82, 2.24) is 30.9 Å². The zero-order valence-electron chi connectivity index (χ0n) is 38.8. The number of ether oxygens (including phenoxy) is 2. The van der Waals surface area contributed by atoms with Crippen LogP contribution in [0.15, 0.2) is 54.6 Å². The number of nitrogens with two attached hydrogens (primary N) is 3. The largest absolute Gasteiger partial charge is 0.492 e. The van der Waals surface area contributed by atoms with Gasteiger partial charge in [-0.25, -0.2) is 9.86 Å². The summed E-state index contributed by atoms with van der Waals surface area (Å²) in [6.07, 6.45) is 7.40. The highest BCUT2D eigenvalue weighted by atomic mass is 32.2. The molecule has 0 spiro atoms. The van der Waals surface area contributed by atoms with Gasteiger partial charge in [-0.05, 0) is 85.7 Å². The topological polar surface area (TPSA) is 303 Å². The number of unbranched alkanes of at least 4 members (excludes halogenated alkanes) is 5. The van der Waals surface area contributed by atoms with Crippen LogP contribution in [0.3, 0.4) is 0 Å². The van der Waals surface area contributed by atoms with Crippen LogP contribution in [0, 0.1) is 18.3 Å². The molecule has 11 N–H and O–H groups in total. The second kappa shape index (κ2) is 26.3. The van der Waals surface area contributed by atoms with Crippen molar-refractivity contribution < 1.29 is 41.9 Å². The van der Waals surface area contributed by atoms with Gasteiger partial charge in [0.1, 0.15) is 55.4 Å². The fraction of sp³-hybridized carbons (Fsp3) is 0.489. The number of aryl methyl sites for hydroxylation is 2. The van der Waals surface area contributed by atoms with Gasteiger partial charge in [0.25, 0.3) is 16.1 Å². The number of hydrogen-bond acceptors (Lipinski definition) is 12. The van der Waals surface area contributed by atoms with E-state index in [0.29, 0.717) is 39.3 Å². The molecule has 0 saturated carbocycles. The van der Waals surface area contributed by atoms with Gasteiger partial charge in [0, 0.05) is 49.8 Å². The summed E-state index contributed by atoms with van der Waals surface area (Å²) in [5.41, 5.74) is 15.4. The maximum Gasteiger partial charge on any atom is 0.274 e. The number of amides is 5. The monoisotopic (exact) mass is 946 g/mol. The molecule has 20 heteroatoms. The first-order valence-corrected chi connectivity index (χ1v) is 24.2. The van der Waals surface area contributed by atoms with Crippen molar-refractivity contribution in [3.05, 3.63) is 82.4 Å². The van der Waals surface area contributed by atoms with E-state index in [9.17, 15) is 37.7 Å². The van der Waals surface area contributed by atoms with Gasteiger partial charge in [0.2, 0.25) is 23.6 Å².